The van der Waals surface area contributed by atoms with E-state index in [1.165, 1.54) is 16.7 Å². The summed E-state index contributed by atoms with van der Waals surface area (Å²) < 4.78 is 10.8. The Morgan fingerprint density at radius 1 is 1.00 bits per heavy atom. The zero-order valence-electron chi connectivity index (χ0n) is 18.5. The number of quaternary nitrogens is 1. The van der Waals surface area contributed by atoms with Gasteiger partial charge < -0.3 is 19.3 Å². The number of amides is 1. The lowest BCUT2D eigenvalue weighted by Gasteiger charge is -2.32. The molecule has 1 aliphatic heterocycles. The minimum absolute atomic E-state index is 0.244. The highest BCUT2D eigenvalue weighted by Gasteiger charge is 2.24. The van der Waals surface area contributed by atoms with E-state index in [4.69, 9.17) is 9.47 Å². The zero-order valence-corrected chi connectivity index (χ0v) is 19.3. The molecule has 3 rings (SSSR count). The molecule has 5 nitrogen and oxygen atoms in total. The average molecular weight is 430 g/mol. The number of carbonyl (C=O) groups is 1. The smallest absolute Gasteiger partial charge is 0.232 e. The van der Waals surface area contributed by atoms with Crippen LogP contribution in [-0.2, 0) is 17.1 Å². The summed E-state index contributed by atoms with van der Waals surface area (Å²) >= 11 is 1.67. The maximum atomic E-state index is 12.7. The first-order valence-electron chi connectivity index (χ1n) is 10.5. The molecular weight excluding hydrogens is 396 g/mol. The van der Waals surface area contributed by atoms with Crippen LogP contribution in [0.2, 0.25) is 0 Å². The topological polar surface area (TPSA) is 43.2 Å². The molecule has 0 aromatic heterocycles. The van der Waals surface area contributed by atoms with Crippen LogP contribution < -0.4 is 14.4 Å². The second-order valence-electron chi connectivity index (χ2n) is 7.86. The Morgan fingerprint density at radius 3 is 2.33 bits per heavy atom. The molecule has 0 saturated carbocycles. The predicted molar refractivity (Wildman–Crippen MR) is 123 cm³/mol. The van der Waals surface area contributed by atoms with Gasteiger partial charge in [-0.2, -0.15) is 0 Å². The third-order valence-corrected chi connectivity index (χ3v) is 6.82. The Labute approximate surface area is 184 Å². The van der Waals surface area contributed by atoms with Crippen molar-refractivity contribution in [2.45, 2.75) is 26.1 Å². The molecule has 1 aliphatic rings. The van der Waals surface area contributed by atoms with Crippen molar-refractivity contribution in [3.63, 3.8) is 0 Å². The van der Waals surface area contributed by atoms with E-state index in [1.54, 1.807) is 30.9 Å². The first-order valence-corrected chi connectivity index (χ1v) is 11.6. The molecule has 0 atom stereocenters. The summed E-state index contributed by atoms with van der Waals surface area (Å²) in [5.74, 6) is 3.02. The molecule has 1 N–H and O–H groups in total. The van der Waals surface area contributed by atoms with E-state index < -0.39 is 0 Å². The predicted octanol–water partition coefficient (Wildman–Crippen LogP) is 2.48. The van der Waals surface area contributed by atoms with E-state index in [1.807, 2.05) is 17.0 Å². The standard InChI is InChI=1S/C24H32N2O3S/c1-18-7-5-6-8-20(18)15-25-9-11-26(12-10-25)24(27)17-30-16-21-14-23(29-4)22(28-3)13-19(21)2/h5-8,13-14H,9-12,15-17H2,1-4H3/p+1. The first-order chi connectivity index (χ1) is 14.5. The van der Waals surface area contributed by atoms with Crippen LogP contribution in [0.3, 0.4) is 0 Å². The van der Waals surface area contributed by atoms with Gasteiger partial charge in [-0.05, 0) is 42.7 Å². The number of methoxy groups -OCH3 is 2. The molecule has 162 valence electrons. The summed E-state index contributed by atoms with van der Waals surface area (Å²) in [6.07, 6.45) is 0. The van der Waals surface area contributed by atoms with Gasteiger partial charge >= 0.3 is 0 Å². The van der Waals surface area contributed by atoms with Gasteiger partial charge in [-0.1, -0.05) is 24.3 Å². The molecule has 2 aromatic rings. The van der Waals surface area contributed by atoms with Crippen LogP contribution in [0.15, 0.2) is 36.4 Å². The number of piperazine rings is 1. The van der Waals surface area contributed by atoms with Crippen molar-refractivity contribution in [3.05, 3.63) is 58.7 Å². The number of nitrogens with one attached hydrogen (secondary N) is 1. The fourth-order valence-electron chi connectivity index (χ4n) is 3.84. The van der Waals surface area contributed by atoms with Crippen molar-refractivity contribution < 1.29 is 19.2 Å². The molecule has 1 amide bonds. The van der Waals surface area contributed by atoms with Gasteiger partial charge in [0.2, 0.25) is 5.91 Å². The SMILES string of the molecule is COc1cc(C)c(CSCC(=O)N2CC[NH+](Cc3ccccc3C)CC2)cc1OC. The lowest BCUT2D eigenvalue weighted by atomic mass is 10.1. The van der Waals surface area contributed by atoms with Crippen molar-refractivity contribution >= 4 is 17.7 Å². The largest absolute Gasteiger partial charge is 0.493 e. The van der Waals surface area contributed by atoms with Crippen LogP contribution >= 0.6 is 11.8 Å². The maximum absolute atomic E-state index is 12.7. The third kappa shape index (κ3) is 5.70. The molecule has 0 radical (unpaired) electrons. The summed E-state index contributed by atoms with van der Waals surface area (Å²) in [5, 5.41) is 0. The van der Waals surface area contributed by atoms with Gasteiger partial charge in [0.1, 0.15) is 6.54 Å². The molecule has 0 aliphatic carbocycles. The average Bonchev–Trinajstić information content (AvgIpc) is 2.76. The van der Waals surface area contributed by atoms with Crippen molar-refractivity contribution in [2.24, 2.45) is 0 Å². The Morgan fingerprint density at radius 2 is 1.67 bits per heavy atom. The van der Waals surface area contributed by atoms with E-state index in [9.17, 15) is 4.79 Å². The third-order valence-electron chi connectivity index (χ3n) is 5.85. The molecule has 30 heavy (non-hydrogen) atoms. The number of nitrogens with zero attached hydrogens (tertiary/aromatic N) is 1. The molecule has 0 spiro atoms. The quantitative estimate of drug-likeness (QED) is 0.700. The van der Waals surface area contributed by atoms with Crippen molar-refractivity contribution in [1.29, 1.82) is 0 Å². The van der Waals surface area contributed by atoms with Gasteiger partial charge in [0.15, 0.2) is 11.5 Å². The van der Waals surface area contributed by atoms with E-state index >= 15 is 0 Å². The van der Waals surface area contributed by atoms with Crippen LogP contribution in [0, 0.1) is 13.8 Å². The number of rotatable bonds is 8. The van der Waals surface area contributed by atoms with Gasteiger partial charge in [-0.25, -0.2) is 0 Å². The second kappa shape index (κ2) is 10.7. The summed E-state index contributed by atoms with van der Waals surface area (Å²) in [6.45, 7) is 9.00. The Bertz CT molecular complexity index is 864. The van der Waals surface area contributed by atoms with Crippen LogP contribution in [0.25, 0.3) is 0 Å². The Balaban J connectivity index is 1.45. The van der Waals surface area contributed by atoms with E-state index in [0.29, 0.717) is 5.75 Å². The number of benzene rings is 2. The number of aryl methyl sites for hydroxylation is 2. The van der Waals surface area contributed by atoms with Crippen LogP contribution in [-0.4, -0.2) is 57.0 Å². The number of thioether (sulfide) groups is 1. The van der Waals surface area contributed by atoms with Gasteiger partial charge in [0, 0.05) is 11.3 Å². The lowest BCUT2D eigenvalue weighted by molar-refractivity contribution is -0.917. The minimum Gasteiger partial charge on any atom is -0.493 e. The van der Waals surface area contributed by atoms with Crippen molar-refractivity contribution in [3.8, 4) is 11.5 Å². The molecule has 1 fully saturated rings. The van der Waals surface area contributed by atoms with Gasteiger partial charge in [0.05, 0.1) is 46.2 Å². The normalized spacial score (nSPS) is 14.6. The molecule has 1 saturated heterocycles. The van der Waals surface area contributed by atoms with Crippen LogP contribution in [0.4, 0.5) is 0 Å². The van der Waals surface area contributed by atoms with Gasteiger partial charge in [-0.3, -0.25) is 4.79 Å². The molecule has 0 bridgehead atoms. The zero-order chi connectivity index (χ0) is 21.5. The Hall–Kier alpha value is -2.18. The fraction of sp³-hybridized carbons (Fsp3) is 0.458. The van der Waals surface area contributed by atoms with Crippen LogP contribution in [0.5, 0.6) is 11.5 Å². The summed E-state index contributed by atoms with van der Waals surface area (Å²) in [4.78, 5) is 16.2. The van der Waals surface area contributed by atoms with E-state index in [2.05, 4.69) is 38.1 Å². The number of carbonyl (C=O) groups excluding carboxylic acids is 1. The monoisotopic (exact) mass is 429 g/mol. The van der Waals surface area contributed by atoms with E-state index in [0.717, 1.165) is 55.5 Å². The highest BCUT2D eigenvalue weighted by molar-refractivity contribution is 7.99. The second-order valence-corrected chi connectivity index (χ2v) is 8.85. The summed E-state index contributed by atoms with van der Waals surface area (Å²) in [7, 11) is 3.29. The Kier molecular flexibility index (Phi) is 8.05. The van der Waals surface area contributed by atoms with Crippen LogP contribution in [0.1, 0.15) is 22.3 Å². The van der Waals surface area contributed by atoms with Crippen molar-refractivity contribution in [1.82, 2.24) is 4.90 Å². The van der Waals surface area contributed by atoms with Gasteiger partial charge in [0.25, 0.3) is 0 Å². The minimum atomic E-state index is 0.244. The molecule has 2 aromatic carbocycles. The molecule has 1 heterocycles. The molecule has 0 unspecified atom stereocenters. The lowest BCUT2D eigenvalue weighted by Crippen LogP contribution is -3.13. The number of hydrogen-bond donors (Lipinski definition) is 1. The van der Waals surface area contributed by atoms with E-state index in [-0.39, 0.29) is 5.91 Å². The molecule has 6 heteroatoms. The summed E-state index contributed by atoms with van der Waals surface area (Å²) in [5.41, 5.74) is 5.09. The highest BCUT2D eigenvalue weighted by atomic mass is 32.2. The molecular formula is C24H33N2O3S+. The number of ether oxygens (including phenoxy) is 2. The maximum Gasteiger partial charge on any atom is 0.232 e. The fourth-order valence-corrected chi connectivity index (χ4v) is 4.83. The van der Waals surface area contributed by atoms with Gasteiger partial charge in [-0.15, -0.1) is 11.8 Å². The summed E-state index contributed by atoms with van der Waals surface area (Å²) in [6, 6.07) is 12.6. The first kappa shape index (κ1) is 22.5. The number of hydrogen-bond acceptors (Lipinski definition) is 4. The highest BCUT2D eigenvalue weighted by Crippen LogP contribution is 2.31. The van der Waals surface area contributed by atoms with Crippen molar-refractivity contribution in [2.75, 3.05) is 46.2 Å².